The first-order valence-electron chi connectivity index (χ1n) is 8.55. The molecule has 0 radical (unpaired) electrons. The lowest BCUT2D eigenvalue weighted by Gasteiger charge is -2.18. The molecule has 0 fully saturated rings. The highest BCUT2D eigenvalue weighted by Gasteiger charge is 2.21. The van der Waals surface area contributed by atoms with E-state index in [-0.39, 0.29) is 0 Å². The van der Waals surface area contributed by atoms with Gasteiger partial charge in [-0.1, -0.05) is 60.7 Å². The van der Waals surface area contributed by atoms with E-state index in [9.17, 15) is 4.79 Å². The van der Waals surface area contributed by atoms with Crippen LogP contribution < -0.4 is 11.1 Å². The van der Waals surface area contributed by atoms with Crippen molar-refractivity contribution < 1.29 is 4.79 Å². The van der Waals surface area contributed by atoms with Crippen molar-refractivity contribution in [2.75, 3.05) is 5.32 Å². The number of hydrogen-bond acceptors (Lipinski definition) is 5. The van der Waals surface area contributed by atoms with Crippen LogP contribution in [-0.4, -0.2) is 15.9 Å². The summed E-state index contributed by atoms with van der Waals surface area (Å²) in [6, 6.07) is 18.8. The Morgan fingerprint density at radius 2 is 1.70 bits per heavy atom. The molecule has 6 heteroatoms. The van der Waals surface area contributed by atoms with Crippen molar-refractivity contribution in [3.63, 3.8) is 0 Å². The molecule has 0 spiro atoms. The van der Waals surface area contributed by atoms with Crippen LogP contribution in [0.1, 0.15) is 17.4 Å². The van der Waals surface area contributed by atoms with Gasteiger partial charge in [-0.15, -0.1) is 11.3 Å². The Hall–Kier alpha value is -3.25. The van der Waals surface area contributed by atoms with Gasteiger partial charge in [-0.25, -0.2) is 9.97 Å². The maximum atomic E-state index is 12.1. The Bertz CT molecular complexity index is 1090. The van der Waals surface area contributed by atoms with Gasteiger partial charge in [0.1, 0.15) is 22.5 Å². The molecular weight excluding hydrogens is 356 g/mol. The number of hydrogen-bond donors (Lipinski definition) is 2. The number of aromatic nitrogens is 2. The number of nitrogens with two attached hydrogens (primary N) is 1. The van der Waals surface area contributed by atoms with E-state index in [0.29, 0.717) is 11.6 Å². The van der Waals surface area contributed by atoms with Crippen LogP contribution in [0.3, 0.4) is 0 Å². The molecule has 2 aromatic heterocycles. The minimum absolute atomic E-state index is 0.456. The number of anilines is 1. The molecule has 0 aliphatic rings. The van der Waals surface area contributed by atoms with Gasteiger partial charge in [0.05, 0.1) is 5.39 Å². The lowest BCUT2D eigenvalue weighted by Crippen LogP contribution is -2.28. The number of thiophene rings is 1. The molecule has 0 saturated heterocycles. The third-order valence-corrected chi connectivity index (χ3v) is 5.20. The number of rotatable bonds is 5. The van der Waals surface area contributed by atoms with Crippen LogP contribution in [0.5, 0.6) is 0 Å². The van der Waals surface area contributed by atoms with Gasteiger partial charge >= 0.3 is 0 Å². The Morgan fingerprint density at radius 1 is 1.04 bits per heavy atom. The molecule has 27 heavy (non-hydrogen) atoms. The third kappa shape index (κ3) is 3.39. The highest BCUT2D eigenvalue weighted by atomic mass is 32.1. The van der Waals surface area contributed by atoms with Crippen LogP contribution in [0.4, 0.5) is 5.82 Å². The molecule has 0 saturated carbocycles. The fourth-order valence-electron chi connectivity index (χ4n) is 3.08. The first-order valence-corrected chi connectivity index (χ1v) is 9.43. The van der Waals surface area contributed by atoms with Crippen LogP contribution in [0, 0.1) is 6.92 Å². The van der Waals surface area contributed by atoms with Gasteiger partial charge in [0.15, 0.2) is 0 Å². The summed E-state index contributed by atoms with van der Waals surface area (Å²) < 4.78 is 0. The smallest absolute Gasteiger partial charge is 0.244 e. The van der Waals surface area contributed by atoms with Crippen LogP contribution in [0.2, 0.25) is 0 Å². The van der Waals surface area contributed by atoms with E-state index in [1.807, 2.05) is 67.6 Å². The van der Waals surface area contributed by atoms with Crippen molar-refractivity contribution in [1.29, 1.82) is 0 Å². The molecule has 0 aliphatic carbocycles. The topological polar surface area (TPSA) is 80.9 Å². The molecule has 1 unspecified atom stereocenters. The lowest BCUT2D eigenvalue weighted by atomic mass is 10.0. The summed E-state index contributed by atoms with van der Waals surface area (Å²) >= 11 is 1.56. The van der Waals surface area contributed by atoms with Crippen molar-refractivity contribution in [2.24, 2.45) is 5.73 Å². The number of carbonyl (C=O) groups excluding carboxylic acids is 1. The van der Waals surface area contributed by atoms with Gasteiger partial charge in [-0.2, -0.15) is 0 Å². The number of nitrogens with one attached hydrogen (secondary N) is 1. The van der Waals surface area contributed by atoms with Gasteiger partial charge < -0.3 is 11.1 Å². The van der Waals surface area contributed by atoms with Crippen molar-refractivity contribution in [2.45, 2.75) is 13.0 Å². The number of amides is 1. The van der Waals surface area contributed by atoms with Crippen molar-refractivity contribution in [3.8, 4) is 11.1 Å². The number of nitrogens with zero attached hydrogens (tertiary/aromatic N) is 2. The number of aryl methyl sites for hydroxylation is 1. The largest absolute Gasteiger partial charge is 0.368 e. The zero-order valence-electron chi connectivity index (χ0n) is 14.7. The predicted octanol–water partition coefficient (Wildman–Crippen LogP) is 4.31. The standard InChI is InChI=1S/C21H18N4OS/c1-13-23-20(25-18(19(22)26)15-10-6-3-7-11-15)17-16(12-27-21(17)24-13)14-8-4-2-5-9-14/h2-12,18H,1H3,(H2,22,26)(H,23,24,25). The predicted molar refractivity (Wildman–Crippen MR) is 110 cm³/mol. The number of benzene rings is 2. The second-order valence-electron chi connectivity index (χ2n) is 6.21. The molecular formula is C21H18N4OS. The maximum absolute atomic E-state index is 12.1. The minimum Gasteiger partial charge on any atom is -0.368 e. The summed E-state index contributed by atoms with van der Waals surface area (Å²) in [6.07, 6.45) is 0. The molecule has 5 nitrogen and oxygen atoms in total. The van der Waals surface area contributed by atoms with E-state index in [0.717, 1.165) is 26.9 Å². The quantitative estimate of drug-likeness (QED) is 0.545. The van der Waals surface area contributed by atoms with E-state index in [1.54, 1.807) is 11.3 Å². The minimum atomic E-state index is -0.674. The van der Waals surface area contributed by atoms with Gasteiger partial charge in [-0.3, -0.25) is 4.79 Å². The second-order valence-corrected chi connectivity index (χ2v) is 7.06. The number of primary amides is 1. The monoisotopic (exact) mass is 374 g/mol. The highest BCUT2D eigenvalue weighted by Crippen LogP contribution is 2.37. The fraction of sp³-hybridized carbons (Fsp3) is 0.0952. The Labute approximate surface area is 160 Å². The summed E-state index contributed by atoms with van der Waals surface area (Å²) in [5.41, 5.74) is 8.59. The first-order chi connectivity index (χ1) is 13.1. The molecule has 4 rings (SSSR count). The van der Waals surface area contributed by atoms with E-state index < -0.39 is 11.9 Å². The molecule has 1 amide bonds. The van der Waals surface area contributed by atoms with Crippen LogP contribution in [0.15, 0.2) is 66.0 Å². The van der Waals surface area contributed by atoms with Gasteiger partial charge in [0.25, 0.3) is 0 Å². The lowest BCUT2D eigenvalue weighted by molar-refractivity contribution is -0.118. The summed E-state index contributed by atoms with van der Waals surface area (Å²) in [6.45, 7) is 1.84. The summed E-state index contributed by atoms with van der Waals surface area (Å²) in [4.78, 5) is 22.2. The van der Waals surface area contributed by atoms with E-state index in [4.69, 9.17) is 5.73 Å². The first kappa shape index (κ1) is 17.2. The van der Waals surface area contributed by atoms with Gasteiger partial charge in [0.2, 0.25) is 5.91 Å². The van der Waals surface area contributed by atoms with E-state index >= 15 is 0 Å². The van der Waals surface area contributed by atoms with E-state index in [2.05, 4.69) is 20.7 Å². The van der Waals surface area contributed by atoms with Crippen molar-refractivity contribution in [1.82, 2.24) is 9.97 Å². The maximum Gasteiger partial charge on any atom is 0.244 e. The van der Waals surface area contributed by atoms with Crippen LogP contribution in [0.25, 0.3) is 21.3 Å². The second kappa shape index (κ2) is 7.17. The average molecular weight is 374 g/mol. The SMILES string of the molecule is Cc1nc(NC(C(N)=O)c2ccccc2)c2c(-c3ccccc3)csc2n1. The van der Waals surface area contributed by atoms with Gasteiger partial charge in [0, 0.05) is 10.9 Å². The van der Waals surface area contributed by atoms with Crippen LogP contribution in [-0.2, 0) is 4.79 Å². The molecule has 134 valence electrons. The molecule has 0 bridgehead atoms. The Kier molecular flexibility index (Phi) is 4.56. The molecule has 2 heterocycles. The zero-order chi connectivity index (χ0) is 18.8. The van der Waals surface area contributed by atoms with Gasteiger partial charge in [-0.05, 0) is 18.1 Å². The summed E-state index contributed by atoms with van der Waals surface area (Å²) in [7, 11) is 0. The fourth-order valence-corrected chi connectivity index (χ4v) is 4.08. The normalized spacial score (nSPS) is 12.0. The Morgan fingerprint density at radius 3 is 2.37 bits per heavy atom. The zero-order valence-corrected chi connectivity index (χ0v) is 15.5. The summed E-state index contributed by atoms with van der Waals surface area (Å²) in [5.74, 6) is 0.801. The number of carbonyl (C=O) groups is 1. The molecule has 1 atom stereocenters. The molecule has 2 aromatic carbocycles. The highest BCUT2D eigenvalue weighted by molar-refractivity contribution is 7.17. The van der Waals surface area contributed by atoms with Crippen LogP contribution >= 0.6 is 11.3 Å². The molecule has 4 aromatic rings. The summed E-state index contributed by atoms with van der Waals surface area (Å²) in [5, 5.41) is 6.23. The number of fused-ring (bicyclic) bond motifs is 1. The van der Waals surface area contributed by atoms with Crippen molar-refractivity contribution >= 4 is 33.3 Å². The van der Waals surface area contributed by atoms with E-state index in [1.165, 1.54) is 0 Å². The Balaban J connectivity index is 1.85. The van der Waals surface area contributed by atoms with Crippen molar-refractivity contribution in [3.05, 3.63) is 77.4 Å². The molecule has 3 N–H and O–H groups in total. The third-order valence-electron chi connectivity index (χ3n) is 4.33. The average Bonchev–Trinajstić information content (AvgIpc) is 3.11. The molecule has 0 aliphatic heterocycles.